The lowest BCUT2D eigenvalue weighted by Crippen LogP contribution is -2.62. The third kappa shape index (κ3) is 5.36. The van der Waals surface area contributed by atoms with Crippen molar-refractivity contribution in [2.75, 3.05) is 19.9 Å². The zero-order valence-corrected chi connectivity index (χ0v) is 22.5. The standard InChI is InChI=1S/C30H39N3O5/c1-20(2)15-33(29(35)31-30-12-22-8-23(13-30)10-24(9-22)14-30)18-28(34)32(17-25-4-3-7-36-25)16-21-5-6-26-27(11-21)38-19-37-26/h3-7,11,20,22-24H,8-10,12-19H2,1-2H3,(H,31,35). The Hall–Kier alpha value is -3.16. The lowest BCUT2D eigenvalue weighted by molar-refractivity contribution is -0.133. The van der Waals surface area contributed by atoms with Crippen molar-refractivity contribution in [2.45, 2.75) is 71.0 Å². The van der Waals surface area contributed by atoms with Crippen LogP contribution in [-0.4, -0.2) is 47.2 Å². The number of furan rings is 1. The Labute approximate surface area is 224 Å². The van der Waals surface area contributed by atoms with Gasteiger partial charge in [0.2, 0.25) is 12.7 Å². The summed E-state index contributed by atoms with van der Waals surface area (Å²) in [4.78, 5) is 31.0. The van der Waals surface area contributed by atoms with Gasteiger partial charge in [-0.25, -0.2) is 4.79 Å². The van der Waals surface area contributed by atoms with Crippen molar-refractivity contribution >= 4 is 11.9 Å². The fourth-order valence-electron chi connectivity index (χ4n) is 7.58. The summed E-state index contributed by atoms with van der Waals surface area (Å²) in [7, 11) is 0. The van der Waals surface area contributed by atoms with E-state index >= 15 is 0 Å². The SMILES string of the molecule is CC(C)CN(CC(=O)N(Cc1ccc2c(c1)OCO2)Cc1ccco1)C(=O)NC12CC3CC(CC(C3)C1)C2. The molecule has 0 saturated heterocycles. The summed E-state index contributed by atoms with van der Waals surface area (Å²) >= 11 is 0. The number of fused-ring (bicyclic) bond motifs is 1. The van der Waals surface area contributed by atoms with E-state index in [-0.39, 0.29) is 36.7 Å². The van der Waals surface area contributed by atoms with Gasteiger partial charge in [-0.3, -0.25) is 4.79 Å². The zero-order chi connectivity index (χ0) is 26.3. The van der Waals surface area contributed by atoms with E-state index in [1.807, 2.05) is 30.3 Å². The second kappa shape index (κ2) is 10.2. The van der Waals surface area contributed by atoms with Gasteiger partial charge in [0.05, 0.1) is 12.8 Å². The molecule has 7 rings (SSSR count). The molecular formula is C30H39N3O5. The minimum atomic E-state index is -0.111. The molecular weight excluding hydrogens is 482 g/mol. The fraction of sp³-hybridized carbons (Fsp3) is 0.600. The molecule has 4 aliphatic carbocycles. The molecule has 5 aliphatic rings. The maximum atomic E-state index is 13.8. The molecule has 8 heteroatoms. The second-order valence-corrected chi connectivity index (χ2v) is 12.4. The van der Waals surface area contributed by atoms with Crippen LogP contribution in [0.1, 0.15) is 63.7 Å². The summed E-state index contributed by atoms with van der Waals surface area (Å²) in [6.45, 7) is 5.64. The van der Waals surface area contributed by atoms with Gasteiger partial charge < -0.3 is 29.0 Å². The quantitative estimate of drug-likeness (QED) is 0.492. The monoisotopic (exact) mass is 521 g/mol. The molecule has 1 N–H and O–H groups in total. The van der Waals surface area contributed by atoms with E-state index in [1.54, 1.807) is 16.1 Å². The van der Waals surface area contributed by atoms with Crippen LogP contribution in [0.25, 0.3) is 0 Å². The number of nitrogens with zero attached hydrogens (tertiary/aromatic N) is 2. The first-order valence-corrected chi connectivity index (χ1v) is 14.1. The normalized spacial score (nSPS) is 26.6. The average molecular weight is 522 g/mol. The van der Waals surface area contributed by atoms with Crippen LogP contribution in [0.5, 0.6) is 11.5 Å². The van der Waals surface area contributed by atoms with E-state index in [9.17, 15) is 9.59 Å². The van der Waals surface area contributed by atoms with Crippen LogP contribution in [-0.2, 0) is 17.9 Å². The van der Waals surface area contributed by atoms with Gasteiger partial charge in [0.1, 0.15) is 12.3 Å². The Bertz CT molecular complexity index is 1130. The summed E-state index contributed by atoms with van der Waals surface area (Å²) < 4.78 is 16.5. The average Bonchev–Trinajstić information content (AvgIpc) is 3.53. The molecule has 0 atom stereocenters. The van der Waals surface area contributed by atoms with E-state index in [1.165, 1.54) is 19.3 Å². The minimum absolute atomic E-state index is 0.0294. The highest BCUT2D eigenvalue weighted by atomic mass is 16.7. The van der Waals surface area contributed by atoms with Crippen LogP contribution in [0.15, 0.2) is 41.0 Å². The van der Waals surface area contributed by atoms with Crippen molar-refractivity contribution < 1.29 is 23.5 Å². The summed E-state index contributed by atoms with van der Waals surface area (Å²) in [6, 6.07) is 9.32. The van der Waals surface area contributed by atoms with Gasteiger partial charge in [0, 0.05) is 18.6 Å². The van der Waals surface area contributed by atoms with Crippen LogP contribution >= 0.6 is 0 Å². The van der Waals surface area contributed by atoms with Gasteiger partial charge in [-0.2, -0.15) is 0 Å². The fourth-order valence-corrected chi connectivity index (χ4v) is 7.58. The van der Waals surface area contributed by atoms with Gasteiger partial charge in [0.15, 0.2) is 11.5 Å². The van der Waals surface area contributed by atoms with Gasteiger partial charge in [-0.15, -0.1) is 0 Å². The Morgan fingerprint density at radius 3 is 2.34 bits per heavy atom. The van der Waals surface area contributed by atoms with Crippen molar-refractivity contribution in [1.29, 1.82) is 0 Å². The van der Waals surface area contributed by atoms with Crippen LogP contribution in [0.3, 0.4) is 0 Å². The minimum Gasteiger partial charge on any atom is -0.467 e. The Balaban J connectivity index is 1.17. The van der Waals surface area contributed by atoms with Crippen LogP contribution < -0.4 is 14.8 Å². The Morgan fingerprint density at radius 1 is 0.974 bits per heavy atom. The molecule has 8 nitrogen and oxygen atoms in total. The first-order valence-electron chi connectivity index (χ1n) is 14.1. The van der Waals surface area contributed by atoms with Crippen molar-refractivity contribution in [1.82, 2.24) is 15.1 Å². The number of benzene rings is 1. The first-order chi connectivity index (χ1) is 18.3. The maximum Gasteiger partial charge on any atom is 0.318 e. The molecule has 0 spiro atoms. The topological polar surface area (TPSA) is 84.2 Å². The predicted octanol–water partition coefficient (Wildman–Crippen LogP) is 5.17. The Morgan fingerprint density at radius 2 is 1.68 bits per heavy atom. The maximum absolute atomic E-state index is 13.8. The number of hydrogen-bond acceptors (Lipinski definition) is 5. The molecule has 0 radical (unpaired) electrons. The molecule has 1 aromatic heterocycles. The highest BCUT2D eigenvalue weighted by molar-refractivity contribution is 5.84. The molecule has 4 bridgehead atoms. The highest BCUT2D eigenvalue weighted by Gasteiger charge is 2.52. The van der Waals surface area contributed by atoms with E-state index in [0.717, 1.165) is 42.6 Å². The summed E-state index contributed by atoms with van der Waals surface area (Å²) in [5.41, 5.74) is 0.840. The van der Waals surface area contributed by atoms with Crippen molar-refractivity contribution in [3.8, 4) is 11.5 Å². The van der Waals surface area contributed by atoms with Gasteiger partial charge in [-0.05, 0) is 92.0 Å². The highest BCUT2D eigenvalue weighted by Crippen LogP contribution is 2.55. The van der Waals surface area contributed by atoms with Crippen molar-refractivity contribution in [3.63, 3.8) is 0 Å². The van der Waals surface area contributed by atoms with Crippen molar-refractivity contribution in [2.24, 2.45) is 23.7 Å². The van der Waals surface area contributed by atoms with Gasteiger partial charge in [0.25, 0.3) is 0 Å². The molecule has 204 valence electrons. The van der Waals surface area contributed by atoms with E-state index in [2.05, 4.69) is 19.2 Å². The first kappa shape index (κ1) is 25.1. The van der Waals surface area contributed by atoms with Crippen LogP contribution in [0.2, 0.25) is 0 Å². The lowest BCUT2D eigenvalue weighted by Gasteiger charge is -2.57. The van der Waals surface area contributed by atoms with E-state index in [4.69, 9.17) is 13.9 Å². The van der Waals surface area contributed by atoms with E-state index in [0.29, 0.717) is 36.9 Å². The third-order valence-corrected chi connectivity index (χ3v) is 8.70. The molecule has 1 aliphatic heterocycles. The number of rotatable bonds is 9. The lowest BCUT2D eigenvalue weighted by atomic mass is 9.53. The number of nitrogens with one attached hydrogen (secondary N) is 1. The molecule has 3 amide bonds. The molecule has 38 heavy (non-hydrogen) atoms. The number of carbonyl (C=O) groups excluding carboxylic acids is 2. The predicted molar refractivity (Wildman–Crippen MR) is 141 cm³/mol. The zero-order valence-electron chi connectivity index (χ0n) is 22.5. The van der Waals surface area contributed by atoms with E-state index < -0.39 is 0 Å². The molecule has 4 fully saturated rings. The summed E-state index contributed by atoms with van der Waals surface area (Å²) in [5, 5.41) is 3.47. The summed E-state index contributed by atoms with van der Waals surface area (Å²) in [5.74, 6) is 4.46. The Kier molecular flexibility index (Phi) is 6.74. The molecule has 0 unspecified atom stereocenters. The third-order valence-electron chi connectivity index (χ3n) is 8.70. The molecule has 4 saturated carbocycles. The van der Waals surface area contributed by atoms with Gasteiger partial charge in [-0.1, -0.05) is 19.9 Å². The number of hydrogen-bond donors (Lipinski definition) is 1. The number of urea groups is 1. The molecule has 2 aromatic rings. The second-order valence-electron chi connectivity index (χ2n) is 12.4. The smallest absolute Gasteiger partial charge is 0.318 e. The number of carbonyl (C=O) groups is 2. The van der Waals surface area contributed by atoms with Crippen LogP contribution in [0.4, 0.5) is 4.79 Å². The van der Waals surface area contributed by atoms with Crippen LogP contribution in [0, 0.1) is 23.7 Å². The number of ether oxygens (including phenoxy) is 2. The number of amides is 3. The van der Waals surface area contributed by atoms with Crippen molar-refractivity contribution in [3.05, 3.63) is 47.9 Å². The van der Waals surface area contributed by atoms with Gasteiger partial charge >= 0.3 is 6.03 Å². The molecule has 1 aromatic carbocycles. The summed E-state index contributed by atoms with van der Waals surface area (Å²) in [6.07, 6.45) is 8.85. The molecule has 2 heterocycles. The largest absolute Gasteiger partial charge is 0.467 e.